The van der Waals surface area contributed by atoms with Crippen molar-refractivity contribution in [2.45, 2.75) is 18.8 Å². The number of fused-ring (bicyclic) bond motifs is 1. The van der Waals surface area contributed by atoms with Crippen LogP contribution in [0, 0.1) is 0 Å². The van der Waals surface area contributed by atoms with Crippen molar-refractivity contribution < 1.29 is 8.78 Å². The predicted octanol–water partition coefficient (Wildman–Crippen LogP) is 3.05. The van der Waals surface area contributed by atoms with Gasteiger partial charge in [0, 0.05) is 31.3 Å². The van der Waals surface area contributed by atoms with Crippen LogP contribution in [0.3, 0.4) is 0 Å². The maximum atomic E-state index is 13.2. The summed E-state index contributed by atoms with van der Waals surface area (Å²) in [7, 11) is 0. The summed E-state index contributed by atoms with van der Waals surface area (Å²) in [5, 5.41) is 0.976. The van der Waals surface area contributed by atoms with E-state index in [-0.39, 0.29) is 12.8 Å². The SMILES string of the molecule is Nc1ccc2cccc(N3CCC(F)(F)CC3)c2n1. The van der Waals surface area contributed by atoms with Crippen molar-refractivity contribution in [1.29, 1.82) is 0 Å². The molecule has 0 radical (unpaired) electrons. The van der Waals surface area contributed by atoms with E-state index in [0.717, 1.165) is 16.6 Å². The summed E-state index contributed by atoms with van der Waals surface area (Å²) in [5.74, 6) is -2.09. The summed E-state index contributed by atoms with van der Waals surface area (Å²) in [6, 6.07) is 9.43. The first-order chi connectivity index (χ1) is 9.05. The van der Waals surface area contributed by atoms with Crippen LogP contribution >= 0.6 is 0 Å². The maximum Gasteiger partial charge on any atom is 0.251 e. The highest BCUT2D eigenvalue weighted by atomic mass is 19.3. The number of nitrogens with zero attached hydrogens (tertiary/aromatic N) is 2. The van der Waals surface area contributed by atoms with Crippen molar-refractivity contribution in [3.05, 3.63) is 30.3 Å². The smallest absolute Gasteiger partial charge is 0.251 e. The zero-order chi connectivity index (χ0) is 13.5. The number of anilines is 2. The van der Waals surface area contributed by atoms with Crippen LogP contribution in [0.2, 0.25) is 0 Å². The Kier molecular flexibility index (Phi) is 2.77. The second-order valence-corrected chi connectivity index (χ2v) is 4.93. The lowest BCUT2D eigenvalue weighted by molar-refractivity contribution is -0.0220. The number of hydrogen-bond donors (Lipinski definition) is 1. The van der Waals surface area contributed by atoms with Crippen LogP contribution in [0.1, 0.15) is 12.8 Å². The first kappa shape index (κ1) is 12.1. The number of para-hydroxylation sites is 1. The molecule has 2 N–H and O–H groups in total. The largest absolute Gasteiger partial charge is 0.384 e. The molecule has 1 aromatic carbocycles. The number of pyridine rings is 1. The van der Waals surface area contributed by atoms with Crippen LogP contribution in [0.25, 0.3) is 10.9 Å². The van der Waals surface area contributed by atoms with Crippen molar-refractivity contribution in [1.82, 2.24) is 4.98 Å². The quantitative estimate of drug-likeness (QED) is 0.859. The van der Waals surface area contributed by atoms with Gasteiger partial charge in [0.2, 0.25) is 0 Å². The van der Waals surface area contributed by atoms with Gasteiger partial charge in [-0.2, -0.15) is 0 Å². The van der Waals surface area contributed by atoms with E-state index in [1.54, 1.807) is 6.07 Å². The van der Waals surface area contributed by atoms with Gasteiger partial charge < -0.3 is 10.6 Å². The molecule has 5 heteroatoms. The van der Waals surface area contributed by atoms with Crippen LogP contribution in [0.15, 0.2) is 30.3 Å². The number of nitrogen functional groups attached to an aromatic ring is 1. The Morgan fingerprint density at radius 3 is 2.58 bits per heavy atom. The second kappa shape index (κ2) is 4.33. The molecule has 1 aliphatic rings. The Bertz CT molecular complexity index is 603. The molecule has 3 rings (SSSR count). The Labute approximate surface area is 110 Å². The van der Waals surface area contributed by atoms with E-state index in [4.69, 9.17) is 5.73 Å². The van der Waals surface area contributed by atoms with E-state index in [1.807, 2.05) is 29.2 Å². The lowest BCUT2D eigenvalue weighted by Crippen LogP contribution is -2.39. The topological polar surface area (TPSA) is 42.1 Å². The van der Waals surface area contributed by atoms with E-state index in [0.29, 0.717) is 18.9 Å². The molecule has 1 aliphatic heterocycles. The average Bonchev–Trinajstić information content (AvgIpc) is 2.38. The third-order valence-electron chi connectivity index (χ3n) is 3.56. The third-order valence-corrected chi connectivity index (χ3v) is 3.56. The fraction of sp³-hybridized carbons (Fsp3) is 0.357. The molecule has 3 nitrogen and oxygen atoms in total. The Balaban J connectivity index is 1.99. The fourth-order valence-electron chi connectivity index (χ4n) is 2.48. The van der Waals surface area contributed by atoms with Crippen molar-refractivity contribution in [2.75, 3.05) is 23.7 Å². The van der Waals surface area contributed by atoms with Gasteiger partial charge in [0.05, 0.1) is 11.2 Å². The number of benzene rings is 1. The van der Waals surface area contributed by atoms with Crippen LogP contribution < -0.4 is 10.6 Å². The van der Waals surface area contributed by atoms with Crippen molar-refractivity contribution in [3.8, 4) is 0 Å². The minimum Gasteiger partial charge on any atom is -0.384 e. The van der Waals surface area contributed by atoms with Crippen molar-refractivity contribution in [2.24, 2.45) is 0 Å². The molecule has 2 aromatic rings. The highest BCUT2D eigenvalue weighted by Gasteiger charge is 2.34. The van der Waals surface area contributed by atoms with E-state index in [9.17, 15) is 8.78 Å². The van der Waals surface area contributed by atoms with Gasteiger partial charge >= 0.3 is 0 Å². The maximum absolute atomic E-state index is 13.2. The molecule has 0 atom stereocenters. The van der Waals surface area contributed by atoms with Gasteiger partial charge in [0.1, 0.15) is 5.82 Å². The minimum atomic E-state index is -2.53. The molecule has 100 valence electrons. The highest BCUT2D eigenvalue weighted by Crippen LogP contribution is 2.33. The second-order valence-electron chi connectivity index (χ2n) is 4.93. The summed E-state index contributed by atoms with van der Waals surface area (Å²) >= 11 is 0. The van der Waals surface area contributed by atoms with E-state index < -0.39 is 5.92 Å². The lowest BCUT2D eigenvalue weighted by atomic mass is 10.1. The average molecular weight is 263 g/mol. The normalized spacial score (nSPS) is 18.7. The van der Waals surface area contributed by atoms with Gasteiger partial charge in [-0.3, -0.25) is 0 Å². The summed E-state index contributed by atoms with van der Waals surface area (Å²) in [6.45, 7) is 0.700. The summed E-state index contributed by atoms with van der Waals surface area (Å²) < 4.78 is 26.4. The summed E-state index contributed by atoms with van der Waals surface area (Å²) in [4.78, 5) is 6.30. The molecule has 0 spiro atoms. The molecule has 1 fully saturated rings. The van der Waals surface area contributed by atoms with E-state index in [2.05, 4.69) is 4.98 Å². The van der Waals surface area contributed by atoms with Gasteiger partial charge in [0.15, 0.2) is 0 Å². The molecule has 2 heterocycles. The minimum absolute atomic E-state index is 0.105. The molecule has 0 bridgehead atoms. The monoisotopic (exact) mass is 263 g/mol. The third kappa shape index (κ3) is 2.32. The number of aromatic nitrogens is 1. The fourth-order valence-corrected chi connectivity index (χ4v) is 2.48. The number of hydrogen-bond acceptors (Lipinski definition) is 3. The number of piperidine rings is 1. The van der Waals surface area contributed by atoms with E-state index in [1.165, 1.54) is 0 Å². The van der Waals surface area contributed by atoms with Crippen LogP contribution in [-0.2, 0) is 0 Å². The number of halogens is 2. The number of alkyl halides is 2. The predicted molar refractivity (Wildman–Crippen MR) is 72.5 cm³/mol. The van der Waals surface area contributed by atoms with E-state index >= 15 is 0 Å². The van der Waals surface area contributed by atoms with Crippen LogP contribution in [0.5, 0.6) is 0 Å². The molecular weight excluding hydrogens is 248 g/mol. The molecule has 0 aliphatic carbocycles. The van der Waals surface area contributed by atoms with Gasteiger partial charge in [-0.25, -0.2) is 13.8 Å². The molecule has 0 amide bonds. The van der Waals surface area contributed by atoms with Crippen LogP contribution in [-0.4, -0.2) is 24.0 Å². The van der Waals surface area contributed by atoms with Crippen molar-refractivity contribution >= 4 is 22.4 Å². The molecule has 0 saturated carbocycles. The zero-order valence-electron chi connectivity index (χ0n) is 10.4. The first-order valence-corrected chi connectivity index (χ1v) is 6.33. The van der Waals surface area contributed by atoms with Gasteiger partial charge in [-0.15, -0.1) is 0 Å². The lowest BCUT2D eigenvalue weighted by Gasteiger charge is -2.33. The zero-order valence-corrected chi connectivity index (χ0v) is 10.4. The molecular formula is C14H15F2N3. The van der Waals surface area contributed by atoms with Gasteiger partial charge in [-0.05, 0) is 18.2 Å². The van der Waals surface area contributed by atoms with Gasteiger partial charge in [-0.1, -0.05) is 12.1 Å². The first-order valence-electron chi connectivity index (χ1n) is 6.33. The van der Waals surface area contributed by atoms with Gasteiger partial charge in [0.25, 0.3) is 5.92 Å². The standard InChI is InChI=1S/C14H15F2N3/c15-14(16)6-8-19(9-7-14)11-3-1-2-10-4-5-12(17)18-13(10)11/h1-5H,6-9H2,(H2,17,18). The molecule has 1 aromatic heterocycles. The molecule has 19 heavy (non-hydrogen) atoms. The highest BCUT2D eigenvalue weighted by molar-refractivity contribution is 5.91. The Morgan fingerprint density at radius 2 is 1.84 bits per heavy atom. The number of rotatable bonds is 1. The summed E-state index contributed by atoms with van der Waals surface area (Å²) in [5.41, 5.74) is 7.39. The molecule has 1 saturated heterocycles. The Hall–Kier alpha value is -1.91. The van der Waals surface area contributed by atoms with Crippen LogP contribution in [0.4, 0.5) is 20.3 Å². The Morgan fingerprint density at radius 1 is 1.11 bits per heavy atom. The van der Waals surface area contributed by atoms with Crippen molar-refractivity contribution in [3.63, 3.8) is 0 Å². The number of nitrogens with two attached hydrogens (primary N) is 1. The molecule has 0 unspecified atom stereocenters. The summed E-state index contributed by atoms with van der Waals surface area (Å²) in [6.07, 6.45) is -0.211.